The van der Waals surface area contributed by atoms with Gasteiger partial charge in [0.05, 0.1) is 5.92 Å². The van der Waals surface area contributed by atoms with Gasteiger partial charge in [-0.1, -0.05) is 11.8 Å². The van der Waals surface area contributed by atoms with Crippen LogP contribution in [0.1, 0.15) is 18.5 Å². The summed E-state index contributed by atoms with van der Waals surface area (Å²) < 4.78 is 26.3. The van der Waals surface area contributed by atoms with Crippen molar-refractivity contribution in [2.24, 2.45) is 5.92 Å². The molecule has 0 N–H and O–H groups in total. The molecule has 5 nitrogen and oxygen atoms in total. The summed E-state index contributed by atoms with van der Waals surface area (Å²) in [6.45, 7) is 3.42. The zero-order chi connectivity index (χ0) is 16.6. The van der Waals surface area contributed by atoms with Crippen LogP contribution in [0.25, 0.3) is 0 Å². The van der Waals surface area contributed by atoms with Crippen molar-refractivity contribution >= 4 is 23.5 Å². The first-order chi connectivity index (χ1) is 10.9. The van der Waals surface area contributed by atoms with Crippen molar-refractivity contribution in [1.29, 1.82) is 0 Å². The molecule has 126 valence electrons. The fraction of sp³-hybridized carbons (Fsp3) is 0.667. The molecule has 1 aromatic heterocycles. The standard InChI is InChI=1S/C15H20F2N4OS/c1-10-7-12(19-14(18-10)23-2)21-8-11(9-21)13(22)20-5-3-15(16,17)4-6-20/h7,11H,3-6,8-9H2,1-2H3. The number of halogens is 2. The van der Waals surface area contributed by atoms with Crippen LogP contribution in [0, 0.1) is 12.8 Å². The molecule has 2 fully saturated rings. The van der Waals surface area contributed by atoms with E-state index in [2.05, 4.69) is 9.97 Å². The third-order valence-electron chi connectivity index (χ3n) is 4.36. The lowest BCUT2D eigenvalue weighted by Crippen LogP contribution is -2.56. The van der Waals surface area contributed by atoms with Gasteiger partial charge in [0.2, 0.25) is 5.91 Å². The molecule has 0 radical (unpaired) electrons. The number of thioether (sulfide) groups is 1. The first-order valence-electron chi connectivity index (χ1n) is 7.69. The van der Waals surface area contributed by atoms with Crippen LogP contribution >= 0.6 is 11.8 Å². The Kier molecular flexibility index (Phi) is 4.44. The van der Waals surface area contributed by atoms with Crippen molar-refractivity contribution in [2.45, 2.75) is 30.8 Å². The number of amides is 1. The maximum absolute atomic E-state index is 13.2. The van der Waals surface area contributed by atoms with Gasteiger partial charge in [-0.15, -0.1) is 0 Å². The van der Waals surface area contributed by atoms with Crippen LogP contribution in [-0.4, -0.2) is 59.1 Å². The van der Waals surface area contributed by atoms with Crippen LogP contribution in [0.5, 0.6) is 0 Å². The molecule has 2 aliphatic heterocycles. The largest absolute Gasteiger partial charge is 0.355 e. The predicted octanol–water partition coefficient (Wildman–Crippen LogP) is 2.20. The van der Waals surface area contributed by atoms with Crippen molar-refractivity contribution in [3.8, 4) is 0 Å². The highest BCUT2D eigenvalue weighted by Gasteiger charge is 2.40. The van der Waals surface area contributed by atoms with Gasteiger partial charge in [0, 0.05) is 50.8 Å². The molecule has 0 spiro atoms. The van der Waals surface area contributed by atoms with Gasteiger partial charge in [0.1, 0.15) is 5.82 Å². The molecule has 3 rings (SSSR count). The number of carbonyl (C=O) groups is 1. The molecule has 0 saturated carbocycles. The summed E-state index contributed by atoms with van der Waals surface area (Å²) in [6, 6.07) is 1.90. The van der Waals surface area contributed by atoms with Gasteiger partial charge in [-0.3, -0.25) is 4.79 Å². The van der Waals surface area contributed by atoms with Gasteiger partial charge in [-0.05, 0) is 13.2 Å². The van der Waals surface area contributed by atoms with E-state index in [0.717, 1.165) is 11.5 Å². The lowest BCUT2D eigenvalue weighted by molar-refractivity contribution is -0.142. The number of aryl methyl sites for hydroxylation is 1. The quantitative estimate of drug-likeness (QED) is 0.623. The van der Waals surface area contributed by atoms with E-state index in [1.807, 2.05) is 24.1 Å². The molecule has 23 heavy (non-hydrogen) atoms. The highest BCUT2D eigenvalue weighted by atomic mass is 32.2. The van der Waals surface area contributed by atoms with Crippen LogP contribution in [0.15, 0.2) is 11.2 Å². The van der Waals surface area contributed by atoms with E-state index in [9.17, 15) is 13.6 Å². The monoisotopic (exact) mass is 342 g/mol. The molecular weight excluding hydrogens is 322 g/mol. The summed E-state index contributed by atoms with van der Waals surface area (Å²) in [7, 11) is 0. The number of nitrogens with zero attached hydrogens (tertiary/aromatic N) is 4. The van der Waals surface area contributed by atoms with Crippen LogP contribution < -0.4 is 4.90 Å². The predicted molar refractivity (Wildman–Crippen MR) is 85.0 cm³/mol. The van der Waals surface area contributed by atoms with Gasteiger partial charge in [-0.25, -0.2) is 18.7 Å². The van der Waals surface area contributed by atoms with Gasteiger partial charge in [0.15, 0.2) is 5.16 Å². The fourth-order valence-corrected chi connectivity index (χ4v) is 3.33. The SMILES string of the molecule is CSc1nc(C)cc(N2CC(C(=O)N3CCC(F)(F)CC3)C2)n1. The lowest BCUT2D eigenvalue weighted by atomic mass is 9.96. The Bertz CT molecular complexity index is 597. The topological polar surface area (TPSA) is 49.3 Å². The number of aromatic nitrogens is 2. The first kappa shape index (κ1) is 16.4. The Morgan fingerprint density at radius 1 is 1.30 bits per heavy atom. The van der Waals surface area contributed by atoms with E-state index in [-0.39, 0.29) is 37.8 Å². The number of alkyl halides is 2. The molecule has 2 aliphatic rings. The van der Waals surface area contributed by atoms with Crippen molar-refractivity contribution in [2.75, 3.05) is 37.3 Å². The van der Waals surface area contributed by atoms with Crippen LogP contribution in [0.2, 0.25) is 0 Å². The summed E-state index contributed by atoms with van der Waals surface area (Å²) in [6.07, 6.45) is 1.47. The Labute approximate surface area is 138 Å². The Morgan fingerprint density at radius 2 is 1.96 bits per heavy atom. The minimum atomic E-state index is -2.62. The van der Waals surface area contributed by atoms with E-state index in [1.54, 1.807) is 4.90 Å². The number of anilines is 1. The lowest BCUT2D eigenvalue weighted by Gasteiger charge is -2.42. The van der Waals surface area contributed by atoms with Crippen molar-refractivity contribution in [3.05, 3.63) is 11.8 Å². The Morgan fingerprint density at radius 3 is 2.57 bits per heavy atom. The fourth-order valence-electron chi connectivity index (χ4n) is 2.91. The molecule has 0 bridgehead atoms. The molecule has 0 aliphatic carbocycles. The second-order valence-corrected chi connectivity index (χ2v) is 6.91. The summed E-state index contributed by atoms with van der Waals surface area (Å²) in [4.78, 5) is 24.8. The van der Waals surface area contributed by atoms with Crippen molar-refractivity contribution in [1.82, 2.24) is 14.9 Å². The Hall–Kier alpha value is -1.44. The highest BCUT2D eigenvalue weighted by Crippen LogP contribution is 2.31. The van der Waals surface area contributed by atoms with E-state index in [1.165, 1.54) is 11.8 Å². The molecule has 0 aromatic carbocycles. The highest BCUT2D eigenvalue weighted by molar-refractivity contribution is 7.98. The minimum Gasteiger partial charge on any atom is -0.355 e. The molecule has 8 heteroatoms. The second-order valence-electron chi connectivity index (χ2n) is 6.14. The molecule has 1 aromatic rings. The third kappa shape index (κ3) is 3.57. The van der Waals surface area contributed by atoms with Gasteiger partial charge < -0.3 is 9.80 Å². The molecule has 1 amide bonds. The normalized spacial score (nSPS) is 21.2. The first-order valence-corrected chi connectivity index (χ1v) is 8.92. The molecular formula is C15H20F2N4OS. The van der Waals surface area contributed by atoms with E-state index in [4.69, 9.17) is 0 Å². The van der Waals surface area contributed by atoms with E-state index >= 15 is 0 Å². The molecule has 0 atom stereocenters. The van der Waals surface area contributed by atoms with Gasteiger partial charge >= 0.3 is 0 Å². The summed E-state index contributed by atoms with van der Waals surface area (Å²) >= 11 is 1.48. The Balaban J connectivity index is 1.57. The number of hydrogen-bond acceptors (Lipinski definition) is 5. The number of piperidine rings is 1. The zero-order valence-corrected chi connectivity index (χ0v) is 14.1. The van der Waals surface area contributed by atoms with Gasteiger partial charge in [-0.2, -0.15) is 0 Å². The average Bonchev–Trinajstić information content (AvgIpc) is 2.44. The summed E-state index contributed by atoms with van der Waals surface area (Å²) in [5, 5.41) is 0.716. The average molecular weight is 342 g/mol. The van der Waals surface area contributed by atoms with Crippen LogP contribution in [0.3, 0.4) is 0 Å². The molecule has 2 saturated heterocycles. The number of carbonyl (C=O) groups excluding carboxylic acids is 1. The van der Waals surface area contributed by atoms with Crippen LogP contribution in [-0.2, 0) is 4.79 Å². The van der Waals surface area contributed by atoms with E-state index < -0.39 is 5.92 Å². The number of hydrogen-bond donors (Lipinski definition) is 0. The van der Waals surface area contributed by atoms with Crippen molar-refractivity contribution < 1.29 is 13.6 Å². The van der Waals surface area contributed by atoms with Crippen LogP contribution in [0.4, 0.5) is 14.6 Å². The summed E-state index contributed by atoms with van der Waals surface area (Å²) in [5.74, 6) is -1.91. The third-order valence-corrected chi connectivity index (χ3v) is 4.91. The second kappa shape index (κ2) is 6.22. The maximum atomic E-state index is 13.2. The summed E-state index contributed by atoms with van der Waals surface area (Å²) in [5.41, 5.74) is 0.896. The number of rotatable bonds is 3. The molecule has 0 unspecified atom stereocenters. The smallest absolute Gasteiger partial charge is 0.251 e. The zero-order valence-electron chi connectivity index (χ0n) is 13.3. The molecule has 3 heterocycles. The van der Waals surface area contributed by atoms with Crippen molar-refractivity contribution in [3.63, 3.8) is 0 Å². The maximum Gasteiger partial charge on any atom is 0.251 e. The minimum absolute atomic E-state index is 0.00684. The van der Waals surface area contributed by atoms with E-state index in [0.29, 0.717) is 18.2 Å². The number of likely N-dealkylation sites (tertiary alicyclic amines) is 1. The van der Waals surface area contributed by atoms with Gasteiger partial charge in [0.25, 0.3) is 5.92 Å².